The van der Waals surface area contributed by atoms with Gasteiger partial charge in [-0.3, -0.25) is 4.79 Å². The van der Waals surface area contributed by atoms with Crippen molar-refractivity contribution >= 4 is 23.4 Å². The van der Waals surface area contributed by atoms with Gasteiger partial charge in [-0.25, -0.2) is 4.68 Å². The molecule has 4 aromatic rings. The molecule has 166 valence electrons. The maximum Gasteiger partial charge on any atom is 0.240 e. The maximum atomic E-state index is 13.6. The summed E-state index contributed by atoms with van der Waals surface area (Å²) in [5.41, 5.74) is 8.61. The third-order valence-electron chi connectivity index (χ3n) is 5.87. The van der Waals surface area contributed by atoms with E-state index < -0.39 is 5.25 Å². The molecule has 1 aliphatic heterocycles. The maximum absolute atomic E-state index is 13.6. The van der Waals surface area contributed by atoms with Crippen molar-refractivity contribution in [3.63, 3.8) is 0 Å². The number of thioether (sulfide) groups is 1. The number of benzene rings is 3. The molecule has 2 atom stereocenters. The van der Waals surface area contributed by atoms with Crippen LogP contribution in [0.15, 0.2) is 84.0 Å². The average molecular weight is 456 g/mol. The number of aromatic nitrogens is 3. The number of nitrogens with one attached hydrogen (secondary N) is 2. The number of anilines is 1. The molecule has 0 fully saturated rings. The summed E-state index contributed by atoms with van der Waals surface area (Å²) in [4.78, 5) is 13.6. The van der Waals surface area contributed by atoms with Crippen molar-refractivity contribution in [1.82, 2.24) is 14.9 Å². The van der Waals surface area contributed by atoms with Crippen molar-refractivity contribution in [3.8, 4) is 11.4 Å². The van der Waals surface area contributed by atoms with Crippen LogP contribution in [0.5, 0.6) is 0 Å². The summed E-state index contributed by atoms with van der Waals surface area (Å²) < 4.78 is 1.90. The second-order valence-electron chi connectivity index (χ2n) is 8.02. The summed E-state index contributed by atoms with van der Waals surface area (Å²) >= 11 is 1.44. The van der Waals surface area contributed by atoms with Crippen LogP contribution in [0.1, 0.15) is 29.7 Å². The Labute approximate surface area is 197 Å². The summed E-state index contributed by atoms with van der Waals surface area (Å²) in [6.07, 6.45) is 0.851. The van der Waals surface area contributed by atoms with Crippen molar-refractivity contribution in [1.29, 1.82) is 0 Å². The first-order valence-corrected chi connectivity index (χ1v) is 11.9. The first kappa shape index (κ1) is 21.3. The molecule has 1 aliphatic rings. The van der Waals surface area contributed by atoms with Gasteiger partial charge < -0.3 is 10.7 Å². The zero-order valence-electron chi connectivity index (χ0n) is 18.5. The number of para-hydroxylation sites is 1. The van der Waals surface area contributed by atoms with Crippen LogP contribution in [0, 0.1) is 6.92 Å². The molecule has 0 saturated heterocycles. The lowest BCUT2D eigenvalue weighted by Gasteiger charge is -2.33. The van der Waals surface area contributed by atoms with Crippen LogP contribution < -0.4 is 10.7 Å². The van der Waals surface area contributed by atoms with Gasteiger partial charge in [0.1, 0.15) is 5.25 Å². The van der Waals surface area contributed by atoms with E-state index >= 15 is 0 Å². The summed E-state index contributed by atoms with van der Waals surface area (Å²) in [5, 5.41) is 12.3. The number of nitrogens with zero attached hydrogens (tertiary/aromatic N) is 3. The molecule has 0 saturated carbocycles. The Bertz CT molecular complexity index is 1270. The normalized spacial score (nSPS) is 17.2. The molecule has 3 aromatic carbocycles. The molecule has 7 heteroatoms. The van der Waals surface area contributed by atoms with Gasteiger partial charge in [0, 0.05) is 11.3 Å². The topological polar surface area (TPSA) is 71.8 Å². The van der Waals surface area contributed by atoms with E-state index in [1.54, 1.807) is 0 Å². The zero-order valence-corrected chi connectivity index (χ0v) is 19.3. The van der Waals surface area contributed by atoms with E-state index in [0.717, 1.165) is 40.2 Å². The highest BCUT2D eigenvalue weighted by Crippen LogP contribution is 2.39. The molecule has 6 nitrogen and oxygen atoms in total. The molecule has 1 aromatic heterocycles. The predicted octanol–water partition coefficient (Wildman–Crippen LogP) is 5.21. The molecule has 0 bridgehead atoms. The molecule has 2 heterocycles. The minimum atomic E-state index is -0.419. The Morgan fingerprint density at radius 1 is 1.00 bits per heavy atom. The number of rotatable bonds is 5. The molecule has 0 unspecified atom stereocenters. The van der Waals surface area contributed by atoms with Crippen LogP contribution in [0.25, 0.3) is 11.4 Å². The summed E-state index contributed by atoms with van der Waals surface area (Å²) in [7, 11) is 0. The molecule has 0 radical (unpaired) electrons. The van der Waals surface area contributed by atoms with Gasteiger partial charge >= 0.3 is 0 Å². The highest BCUT2D eigenvalue weighted by Gasteiger charge is 2.38. The number of carbonyl (C=O) groups is 1. The monoisotopic (exact) mass is 455 g/mol. The fourth-order valence-electron chi connectivity index (χ4n) is 4.14. The fourth-order valence-corrected chi connectivity index (χ4v) is 5.22. The largest absolute Gasteiger partial charge is 0.325 e. The quantitative estimate of drug-likeness (QED) is 0.432. The smallest absolute Gasteiger partial charge is 0.240 e. The van der Waals surface area contributed by atoms with Crippen LogP contribution in [-0.4, -0.2) is 26.0 Å². The summed E-state index contributed by atoms with van der Waals surface area (Å²) in [5.74, 6) is 0.672. The minimum Gasteiger partial charge on any atom is -0.325 e. The van der Waals surface area contributed by atoms with E-state index in [4.69, 9.17) is 0 Å². The molecular formula is C26H25N5OS. The molecule has 33 heavy (non-hydrogen) atoms. The van der Waals surface area contributed by atoms with Crippen LogP contribution in [-0.2, 0) is 11.2 Å². The van der Waals surface area contributed by atoms with E-state index in [1.807, 2.05) is 84.4 Å². The second kappa shape index (κ2) is 9.11. The van der Waals surface area contributed by atoms with Gasteiger partial charge in [-0.2, -0.15) is 0 Å². The third kappa shape index (κ3) is 4.12. The Hall–Kier alpha value is -3.58. The van der Waals surface area contributed by atoms with Crippen molar-refractivity contribution in [2.75, 3.05) is 10.7 Å². The molecular weight excluding hydrogens is 430 g/mol. The van der Waals surface area contributed by atoms with Gasteiger partial charge in [0.25, 0.3) is 0 Å². The molecule has 5 rings (SSSR count). The fraction of sp³-hybridized carbons (Fsp3) is 0.192. The van der Waals surface area contributed by atoms with E-state index in [2.05, 4.69) is 33.9 Å². The van der Waals surface area contributed by atoms with Gasteiger partial charge in [-0.05, 0) is 30.0 Å². The molecule has 0 aliphatic carbocycles. The predicted molar refractivity (Wildman–Crippen MR) is 133 cm³/mol. The van der Waals surface area contributed by atoms with Crippen molar-refractivity contribution in [2.45, 2.75) is 36.7 Å². The number of carbonyl (C=O) groups excluding carboxylic acids is 1. The van der Waals surface area contributed by atoms with Crippen LogP contribution in [0.4, 0.5) is 5.69 Å². The number of aryl methyl sites for hydroxylation is 2. The standard InChI is InChI=1S/C26H25N5OS/c1-3-18-16-10-11-17(2)21(18)27-25(32)23-22(19-12-6-4-7-13-19)30-31-24(28-29-26(31)33-23)20-14-8-5-9-15-20/h4-16,22-23,30H,3H2,1-2H3,(H,27,32)/t22-,23+/m1/s1. The van der Waals surface area contributed by atoms with E-state index in [9.17, 15) is 4.79 Å². The van der Waals surface area contributed by atoms with E-state index in [-0.39, 0.29) is 11.9 Å². The lowest BCUT2D eigenvalue weighted by Crippen LogP contribution is -2.41. The molecule has 2 N–H and O–H groups in total. The Balaban J connectivity index is 1.52. The lowest BCUT2D eigenvalue weighted by atomic mass is 10.0. The highest BCUT2D eigenvalue weighted by molar-refractivity contribution is 8.00. The lowest BCUT2D eigenvalue weighted by molar-refractivity contribution is -0.116. The Kier molecular flexibility index (Phi) is 5.88. The number of hydrogen-bond acceptors (Lipinski definition) is 5. The first-order valence-electron chi connectivity index (χ1n) is 11.0. The van der Waals surface area contributed by atoms with E-state index in [0.29, 0.717) is 5.16 Å². The highest BCUT2D eigenvalue weighted by atomic mass is 32.2. The summed E-state index contributed by atoms with van der Waals surface area (Å²) in [6, 6.07) is 25.9. The van der Waals surface area contributed by atoms with Gasteiger partial charge in [-0.15, -0.1) is 10.2 Å². The van der Waals surface area contributed by atoms with Crippen molar-refractivity contribution < 1.29 is 4.79 Å². The van der Waals surface area contributed by atoms with Crippen molar-refractivity contribution in [2.24, 2.45) is 0 Å². The van der Waals surface area contributed by atoms with Crippen LogP contribution in [0.2, 0.25) is 0 Å². The van der Waals surface area contributed by atoms with Gasteiger partial charge in [0.15, 0.2) is 5.82 Å². The summed E-state index contributed by atoms with van der Waals surface area (Å²) in [6.45, 7) is 4.13. The Morgan fingerprint density at radius 3 is 2.45 bits per heavy atom. The average Bonchev–Trinajstić information content (AvgIpc) is 3.28. The molecule has 1 amide bonds. The van der Waals surface area contributed by atoms with Crippen LogP contribution in [0.3, 0.4) is 0 Å². The Morgan fingerprint density at radius 2 is 1.73 bits per heavy atom. The SMILES string of the molecule is CCc1cccc(C)c1NC(=O)[C@H]1Sc2nnc(-c3ccccc3)n2N[C@@H]1c1ccccc1. The minimum absolute atomic E-state index is 0.0548. The number of hydrogen-bond donors (Lipinski definition) is 2. The van der Waals surface area contributed by atoms with Crippen LogP contribution >= 0.6 is 11.8 Å². The number of fused-ring (bicyclic) bond motifs is 1. The van der Waals surface area contributed by atoms with Gasteiger partial charge in [0.2, 0.25) is 11.1 Å². The zero-order chi connectivity index (χ0) is 22.8. The van der Waals surface area contributed by atoms with Gasteiger partial charge in [-0.1, -0.05) is 97.5 Å². The van der Waals surface area contributed by atoms with Crippen molar-refractivity contribution in [3.05, 3.63) is 95.6 Å². The first-order chi connectivity index (χ1) is 16.2. The van der Waals surface area contributed by atoms with E-state index in [1.165, 1.54) is 11.8 Å². The molecule has 0 spiro atoms. The van der Waals surface area contributed by atoms with Gasteiger partial charge in [0.05, 0.1) is 6.04 Å². The second-order valence-corrected chi connectivity index (χ2v) is 9.12. The number of amides is 1. The third-order valence-corrected chi connectivity index (χ3v) is 7.09.